The van der Waals surface area contributed by atoms with Crippen LogP contribution < -0.4 is 5.32 Å². The van der Waals surface area contributed by atoms with E-state index < -0.39 is 17.4 Å². The Kier molecular flexibility index (Phi) is 1.62. The molecule has 50 valence electrons. The summed E-state index contributed by atoms with van der Waals surface area (Å²) in [5.74, 6) is -0.917. The van der Waals surface area contributed by atoms with E-state index >= 15 is 0 Å². The van der Waals surface area contributed by atoms with Crippen molar-refractivity contribution >= 4 is 17.6 Å². The average Bonchev–Trinajstić information content (AvgIpc) is 2.13. The number of nitrogens with one attached hydrogen (secondary N) is 1. The molecule has 2 atom stereocenters. The van der Waals surface area contributed by atoms with Crippen LogP contribution in [0.3, 0.4) is 0 Å². The third-order valence-corrected chi connectivity index (χ3v) is 1.54. The van der Waals surface area contributed by atoms with Crippen molar-refractivity contribution in [2.75, 3.05) is 0 Å². The van der Waals surface area contributed by atoms with E-state index in [9.17, 15) is 4.79 Å². The van der Waals surface area contributed by atoms with Crippen LogP contribution in [0.25, 0.3) is 0 Å². The lowest BCUT2D eigenvalue weighted by Crippen LogP contribution is -2.35. The molecule has 0 aliphatic carbocycles. The average molecular weight is 148 g/mol. The van der Waals surface area contributed by atoms with Crippen LogP contribution in [-0.4, -0.2) is 22.5 Å². The van der Waals surface area contributed by atoms with Crippen molar-refractivity contribution in [3.8, 4) is 0 Å². The first kappa shape index (κ1) is 6.42. The maximum Gasteiger partial charge on any atom is 0.327 e. The molecule has 1 aliphatic heterocycles. The molecule has 9 heavy (non-hydrogen) atoms. The minimum Gasteiger partial charge on any atom is -0.480 e. The molecule has 0 bridgehead atoms. The van der Waals surface area contributed by atoms with Crippen molar-refractivity contribution in [2.24, 2.45) is 0 Å². The number of aliphatic carboxylic acids is 1. The summed E-state index contributed by atoms with van der Waals surface area (Å²) in [6.45, 7) is 0. The molecule has 1 heterocycles. The number of rotatable bonds is 1. The zero-order valence-electron chi connectivity index (χ0n) is 4.54. The van der Waals surface area contributed by atoms with Gasteiger partial charge in [0.15, 0.2) is 0 Å². The second-order valence-electron chi connectivity index (χ2n) is 1.79. The summed E-state index contributed by atoms with van der Waals surface area (Å²) in [7, 11) is 0. The molecule has 0 radical (unpaired) electrons. The van der Waals surface area contributed by atoms with E-state index in [0.29, 0.717) is 0 Å². The van der Waals surface area contributed by atoms with E-state index in [-0.39, 0.29) is 0 Å². The SMILES string of the molecule is O=C(O)C1NC=CC1Cl. The van der Waals surface area contributed by atoms with E-state index in [4.69, 9.17) is 16.7 Å². The monoisotopic (exact) mass is 147 g/mol. The van der Waals surface area contributed by atoms with Gasteiger partial charge in [0.25, 0.3) is 0 Å². The van der Waals surface area contributed by atoms with Gasteiger partial charge in [0.1, 0.15) is 6.04 Å². The highest BCUT2D eigenvalue weighted by Gasteiger charge is 2.26. The second-order valence-corrected chi connectivity index (χ2v) is 2.29. The van der Waals surface area contributed by atoms with Crippen molar-refractivity contribution in [1.82, 2.24) is 5.32 Å². The number of carbonyl (C=O) groups is 1. The molecule has 0 fully saturated rings. The molecule has 0 spiro atoms. The van der Waals surface area contributed by atoms with Crippen LogP contribution >= 0.6 is 11.6 Å². The number of hydrogen-bond acceptors (Lipinski definition) is 2. The molecular formula is C5H6ClNO2. The van der Waals surface area contributed by atoms with Gasteiger partial charge in [-0.15, -0.1) is 11.6 Å². The van der Waals surface area contributed by atoms with Crippen LogP contribution in [0.2, 0.25) is 0 Å². The Morgan fingerprint density at radius 2 is 2.44 bits per heavy atom. The third-order valence-electron chi connectivity index (χ3n) is 1.14. The van der Waals surface area contributed by atoms with Gasteiger partial charge in [-0.25, -0.2) is 4.79 Å². The highest BCUT2D eigenvalue weighted by atomic mass is 35.5. The highest BCUT2D eigenvalue weighted by Crippen LogP contribution is 2.09. The Balaban J connectivity index is 2.55. The number of alkyl halides is 1. The summed E-state index contributed by atoms with van der Waals surface area (Å²) in [5, 5.41) is 10.6. The summed E-state index contributed by atoms with van der Waals surface area (Å²) in [5.41, 5.74) is 0. The van der Waals surface area contributed by atoms with Gasteiger partial charge < -0.3 is 10.4 Å². The van der Waals surface area contributed by atoms with E-state index in [2.05, 4.69) is 5.32 Å². The van der Waals surface area contributed by atoms with E-state index in [1.807, 2.05) is 0 Å². The van der Waals surface area contributed by atoms with Crippen molar-refractivity contribution < 1.29 is 9.90 Å². The summed E-state index contributed by atoms with van der Waals surface area (Å²) in [6, 6.07) is -0.647. The van der Waals surface area contributed by atoms with E-state index in [0.717, 1.165) is 0 Å². The lowest BCUT2D eigenvalue weighted by molar-refractivity contribution is -0.138. The molecule has 4 heteroatoms. The zero-order chi connectivity index (χ0) is 6.85. The minimum atomic E-state index is -0.917. The normalized spacial score (nSPS) is 32.1. The number of hydrogen-bond donors (Lipinski definition) is 2. The van der Waals surface area contributed by atoms with Crippen LogP contribution in [0, 0.1) is 0 Å². The van der Waals surface area contributed by atoms with Crippen LogP contribution in [-0.2, 0) is 4.79 Å². The Hall–Kier alpha value is -0.700. The summed E-state index contributed by atoms with van der Waals surface area (Å²) < 4.78 is 0. The molecule has 2 unspecified atom stereocenters. The van der Waals surface area contributed by atoms with Crippen LogP contribution in [0.5, 0.6) is 0 Å². The predicted octanol–water partition coefficient (Wildman–Crippen LogP) is 0.164. The smallest absolute Gasteiger partial charge is 0.327 e. The number of halogens is 1. The van der Waals surface area contributed by atoms with Gasteiger partial charge in [-0.2, -0.15) is 0 Å². The number of carboxylic acids is 1. The lowest BCUT2D eigenvalue weighted by Gasteiger charge is -2.07. The van der Waals surface area contributed by atoms with E-state index in [1.165, 1.54) is 0 Å². The van der Waals surface area contributed by atoms with Gasteiger partial charge in [-0.1, -0.05) is 0 Å². The highest BCUT2D eigenvalue weighted by molar-refractivity contribution is 6.24. The molecule has 2 N–H and O–H groups in total. The quantitative estimate of drug-likeness (QED) is 0.520. The van der Waals surface area contributed by atoms with Gasteiger partial charge in [0.05, 0.1) is 5.38 Å². The molecule has 1 rings (SSSR count). The maximum atomic E-state index is 10.2. The van der Waals surface area contributed by atoms with Gasteiger partial charge in [-0.05, 0) is 12.3 Å². The molecule has 0 saturated heterocycles. The van der Waals surface area contributed by atoms with Crippen LogP contribution in [0.15, 0.2) is 12.3 Å². The first-order chi connectivity index (χ1) is 4.22. The van der Waals surface area contributed by atoms with Crippen molar-refractivity contribution in [2.45, 2.75) is 11.4 Å². The second kappa shape index (κ2) is 2.27. The van der Waals surface area contributed by atoms with Gasteiger partial charge in [-0.3, -0.25) is 0 Å². The molecule has 0 amide bonds. The largest absolute Gasteiger partial charge is 0.480 e. The fraction of sp³-hybridized carbons (Fsp3) is 0.400. The van der Waals surface area contributed by atoms with Crippen molar-refractivity contribution in [3.05, 3.63) is 12.3 Å². The fourth-order valence-electron chi connectivity index (χ4n) is 0.662. The molecule has 0 aromatic rings. The standard InChI is InChI=1S/C5H6ClNO2/c6-3-1-2-7-4(3)5(8)9/h1-4,7H,(H,8,9). The number of carboxylic acid groups (broad SMARTS) is 1. The van der Waals surface area contributed by atoms with Gasteiger partial charge >= 0.3 is 5.97 Å². The van der Waals surface area contributed by atoms with Crippen molar-refractivity contribution in [1.29, 1.82) is 0 Å². The van der Waals surface area contributed by atoms with Gasteiger partial charge in [0.2, 0.25) is 0 Å². The zero-order valence-corrected chi connectivity index (χ0v) is 5.30. The Labute approximate surface area is 57.3 Å². The fourth-order valence-corrected chi connectivity index (χ4v) is 0.915. The van der Waals surface area contributed by atoms with Crippen LogP contribution in [0.4, 0.5) is 0 Å². The topological polar surface area (TPSA) is 49.3 Å². The lowest BCUT2D eigenvalue weighted by atomic mass is 10.2. The first-order valence-electron chi connectivity index (χ1n) is 2.51. The Morgan fingerprint density at radius 1 is 1.78 bits per heavy atom. The van der Waals surface area contributed by atoms with Gasteiger partial charge in [0, 0.05) is 0 Å². The molecule has 0 aromatic carbocycles. The molecule has 3 nitrogen and oxygen atoms in total. The summed E-state index contributed by atoms with van der Waals surface area (Å²) in [6.07, 6.45) is 3.16. The molecule has 0 saturated carbocycles. The molecule has 1 aliphatic rings. The summed E-state index contributed by atoms with van der Waals surface area (Å²) in [4.78, 5) is 10.2. The first-order valence-corrected chi connectivity index (χ1v) is 2.95. The third kappa shape index (κ3) is 1.16. The summed E-state index contributed by atoms with van der Waals surface area (Å²) >= 11 is 5.54. The maximum absolute atomic E-state index is 10.2. The Bertz CT molecular complexity index is 157. The predicted molar refractivity (Wildman–Crippen MR) is 33.3 cm³/mol. The minimum absolute atomic E-state index is 0.414. The molecular weight excluding hydrogens is 142 g/mol. The van der Waals surface area contributed by atoms with E-state index in [1.54, 1.807) is 12.3 Å². The Morgan fingerprint density at radius 3 is 2.67 bits per heavy atom. The van der Waals surface area contributed by atoms with Crippen LogP contribution in [0.1, 0.15) is 0 Å². The molecule has 0 aromatic heterocycles. The van der Waals surface area contributed by atoms with Crippen molar-refractivity contribution in [3.63, 3.8) is 0 Å².